The number of hydrogen-bond acceptors (Lipinski definition) is 2. The van der Waals surface area contributed by atoms with Gasteiger partial charge in [-0.05, 0) is 88.3 Å². The van der Waals surface area contributed by atoms with Crippen molar-refractivity contribution in [2.45, 2.75) is 0 Å². The number of para-hydroxylation sites is 4. The van der Waals surface area contributed by atoms with E-state index in [4.69, 9.17) is 9.97 Å². The smallest absolute Gasteiger partial charge is 0.235 e. The maximum atomic E-state index is 5.70. The highest BCUT2D eigenvalue weighted by molar-refractivity contribution is 6.22. The summed E-state index contributed by atoms with van der Waals surface area (Å²) in [7, 11) is 0. The van der Waals surface area contributed by atoms with Gasteiger partial charge in [-0.3, -0.25) is 4.57 Å². The first-order valence-electron chi connectivity index (χ1n) is 21.5. The van der Waals surface area contributed by atoms with E-state index in [1.165, 1.54) is 59.5 Å². The number of rotatable bonds is 4. The Labute approximate surface area is 360 Å². The van der Waals surface area contributed by atoms with Crippen LogP contribution in [0.3, 0.4) is 0 Å². The third-order valence-corrected chi connectivity index (χ3v) is 13.2. The molecule has 0 N–H and O–H groups in total. The van der Waals surface area contributed by atoms with E-state index in [1.54, 1.807) is 0 Å². The van der Waals surface area contributed by atoms with E-state index in [9.17, 15) is 0 Å². The number of benzene rings is 10. The zero-order valence-corrected chi connectivity index (χ0v) is 33.9. The van der Waals surface area contributed by atoms with Crippen LogP contribution in [-0.4, -0.2) is 23.7 Å². The van der Waals surface area contributed by atoms with Gasteiger partial charge < -0.3 is 9.13 Å². The van der Waals surface area contributed by atoms with E-state index in [0.29, 0.717) is 5.95 Å². The van der Waals surface area contributed by atoms with E-state index in [0.717, 1.165) is 61.0 Å². The first-order valence-corrected chi connectivity index (χ1v) is 21.5. The van der Waals surface area contributed by atoms with Crippen LogP contribution in [0.4, 0.5) is 0 Å². The topological polar surface area (TPSA) is 40.6 Å². The van der Waals surface area contributed by atoms with Crippen LogP contribution >= 0.6 is 0 Å². The molecule has 0 spiro atoms. The van der Waals surface area contributed by atoms with E-state index in [1.807, 2.05) is 0 Å². The molecule has 0 aliphatic carbocycles. The van der Waals surface area contributed by atoms with Crippen LogP contribution in [-0.2, 0) is 0 Å². The molecular weight excluding hydrogens is 767 g/mol. The summed E-state index contributed by atoms with van der Waals surface area (Å²) in [5, 5.41) is 13.0. The molecule has 0 bridgehead atoms. The van der Waals surface area contributed by atoms with Gasteiger partial charge in [0.25, 0.3) is 0 Å². The van der Waals surface area contributed by atoms with Crippen molar-refractivity contribution in [3.63, 3.8) is 0 Å². The molecule has 14 rings (SSSR count). The van der Waals surface area contributed by atoms with E-state index in [-0.39, 0.29) is 0 Å². The van der Waals surface area contributed by atoms with Crippen molar-refractivity contribution in [1.82, 2.24) is 23.7 Å². The average Bonchev–Trinajstić information content (AvgIpc) is 3.98. The third kappa shape index (κ3) is 4.87. The molecule has 0 saturated carbocycles. The summed E-state index contributed by atoms with van der Waals surface area (Å²) in [4.78, 5) is 11.1. The first-order chi connectivity index (χ1) is 31.3. The van der Waals surface area contributed by atoms with Crippen molar-refractivity contribution in [3.05, 3.63) is 212 Å². The highest BCUT2D eigenvalue weighted by Gasteiger charge is 2.23. The molecule has 0 amide bonds. The van der Waals surface area contributed by atoms with Gasteiger partial charge in [0.15, 0.2) is 0 Å². The Morgan fingerprint density at radius 3 is 1.73 bits per heavy atom. The zero-order valence-electron chi connectivity index (χ0n) is 33.9. The summed E-state index contributed by atoms with van der Waals surface area (Å²) >= 11 is 0. The largest absolute Gasteiger partial charge is 0.309 e. The summed E-state index contributed by atoms with van der Waals surface area (Å²) < 4.78 is 7.09. The number of hydrogen-bond donors (Lipinski definition) is 0. The predicted octanol–water partition coefficient (Wildman–Crippen LogP) is 14.9. The molecule has 0 radical (unpaired) electrons. The Kier molecular flexibility index (Phi) is 7.05. The summed E-state index contributed by atoms with van der Waals surface area (Å²) in [6, 6.07) is 76.6. The monoisotopic (exact) mass is 801 g/mol. The standard InChI is InChI=1S/C58H35N5/c1-2-18-39(19-3-1)61-50-27-13-10-23-44(50)56-46(24-14-28-51(56)61)57-43-22-8-11-25-48(43)59-58(60-57)63-52-32-29-36-15-6-7-20-41(36)55(52)45-31-30-40(35-54(45)63)62-49-26-12-9-21-42(49)47-33-37-16-4-5-17-38(37)34-53(47)62/h1-35H. The fraction of sp³-hybridized carbons (Fsp3) is 0. The molecule has 0 unspecified atom stereocenters. The Balaban J connectivity index is 1.09. The lowest BCUT2D eigenvalue weighted by Crippen LogP contribution is -2.04. The van der Waals surface area contributed by atoms with Crippen molar-refractivity contribution in [2.75, 3.05) is 0 Å². The summed E-state index contributed by atoms with van der Waals surface area (Å²) in [6.45, 7) is 0. The summed E-state index contributed by atoms with van der Waals surface area (Å²) in [5.74, 6) is 0.633. The van der Waals surface area contributed by atoms with Gasteiger partial charge in [0.05, 0.1) is 44.3 Å². The minimum absolute atomic E-state index is 0.633. The molecule has 5 nitrogen and oxygen atoms in total. The molecule has 0 atom stereocenters. The molecular formula is C58H35N5. The normalized spacial score (nSPS) is 12.1. The molecule has 4 aromatic heterocycles. The second-order valence-corrected chi connectivity index (χ2v) is 16.6. The van der Waals surface area contributed by atoms with Crippen LogP contribution in [0.1, 0.15) is 0 Å². The molecule has 292 valence electrons. The van der Waals surface area contributed by atoms with Crippen LogP contribution in [0.15, 0.2) is 212 Å². The molecule has 14 aromatic rings. The van der Waals surface area contributed by atoms with Gasteiger partial charge in [0.1, 0.15) is 0 Å². The van der Waals surface area contributed by atoms with E-state index in [2.05, 4.69) is 226 Å². The minimum atomic E-state index is 0.633. The number of nitrogens with zero attached hydrogens (tertiary/aromatic N) is 5. The lowest BCUT2D eigenvalue weighted by atomic mass is 10.0. The molecule has 4 heterocycles. The van der Waals surface area contributed by atoms with Gasteiger partial charge in [-0.1, -0.05) is 146 Å². The van der Waals surface area contributed by atoms with Gasteiger partial charge in [0.2, 0.25) is 5.95 Å². The third-order valence-electron chi connectivity index (χ3n) is 13.2. The van der Waals surface area contributed by atoms with Crippen LogP contribution in [0, 0.1) is 0 Å². The summed E-state index contributed by atoms with van der Waals surface area (Å²) in [5.41, 5.74) is 11.8. The lowest BCUT2D eigenvalue weighted by Gasteiger charge is -2.14. The first kappa shape index (κ1) is 34.2. The van der Waals surface area contributed by atoms with Crippen molar-refractivity contribution in [3.8, 4) is 28.6 Å². The van der Waals surface area contributed by atoms with Crippen molar-refractivity contribution < 1.29 is 0 Å². The van der Waals surface area contributed by atoms with Gasteiger partial charge in [0, 0.05) is 54.6 Å². The van der Waals surface area contributed by atoms with Crippen LogP contribution in [0.25, 0.3) is 126 Å². The maximum Gasteiger partial charge on any atom is 0.235 e. The quantitative estimate of drug-likeness (QED) is 0.178. The zero-order chi connectivity index (χ0) is 41.2. The fourth-order valence-electron chi connectivity index (χ4n) is 10.5. The highest BCUT2D eigenvalue weighted by atomic mass is 15.2. The van der Waals surface area contributed by atoms with Gasteiger partial charge in [-0.15, -0.1) is 0 Å². The SMILES string of the molecule is c1ccc(-n2c3ccccc3c3c(-c4nc(-n5c6cc(-n7c8ccccc8c8cc9ccccc9cc87)ccc6c6c7ccccc7ccc65)nc5ccccc45)cccc32)cc1. The fourth-order valence-corrected chi connectivity index (χ4v) is 10.5. The van der Waals surface area contributed by atoms with Crippen molar-refractivity contribution in [2.24, 2.45) is 0 Å². The molecule has 63 heavy (non-hydrogen) atoms. The minimum Gasteiger partial charge on any atom is -0.309 e. The molecule has 0 aliphatic heterocycles. The van der Waals surface area contributed by atoms with Crippen LogP contribution < -0.4 is 0 Å². The Morgan fingerprint density at radius 1 is 0.286 bits per heavy atom. The van der Waals surface area contributed by atoms with Crippen molar-refractivity contribution >= 4 is 97.9 Å². The van der Waals surface area contributed by atoms with Crippen LogP contribution in [0.2, 0.25) is 0 Å². The predicted molar refractivity (Wildman–Crippen MR) is 263 cm³/mol. The molecule has 5 heteroatoms. The van der Waals surface area contributed by atoms with Gasteiger partial charge in [-0.2, -0.15) is 0 Å². The number of fused-ring (bicyclic) bond motifs is 13. The Bertz CT molecular complexity index is 4210. The lowest BCUT2D eigenvalue weighted by molar-refractivity contribution is 1.01. The average molecular weight is 802 g/mol. The molecule has 0 fully saturated rings. The van der Waals surface area contributed by atoms with Crippen LogP contribution in [0.5, 0.6) is 0 Å². The highest BCUT2D eigenvalue weighted by Crippen LogP contribution is 2.43. The number of aromatic nitrogens is 5. The summed E-state index contributed by atoms with van der Waals surface area (Å²) in [6.07, 6.45) is 0. The van der Waals surface area contributed by atoms with E-state index < -0.39 is 0 Å². The van der Waals surface area contributed by atoms with Gasteiger partial charge in [-0.25, -0.2) is 9.97 Å². The Morgan fingerprint density at radius 2 is 0.889 bits per heavy atom. The molecule has 10 aromatic carbocycles. The second kappa shape index (κ2) is 13.0. The Hall–Kier alpha value is -8.54. The van der Waals surface area contributed by atoms with E-state index >= 15 is 0 Å². The maximum absolute atomic E-state index is 5.70. The molecule has 0 aliphatic rings. The second-order valence-electron chi connectivity index (χ2n) is 16.6. The molecule has 0 saturated heterocycles. The van der Waals surface area contributed by atoms with Gasteiger partial charge >= 0.3 is 0 Å². The van der Waals surface area contributed by atoms with Crippen molar-refractivity contribution in [1.29, 1.82) is 0 Å².